The molecule has 1 aromatic heterocycles. The first-order chi connectivity index (χ1) is 10.7. The smallest absolute Gasteiger partial charge is 0.271 e. The zero-order valence-corrected chi connectivity index (χ0v) is 13.0. The third-order valence-electron chi connectivity index (χ3n) is 3.89. The fourth-order valence-corrected chi connectivity index (χ4v) is 2.83. The predicted octanol–water partition coefficient (Wildman–Crippen LogP) is 2.26. The highest BCUT2D eigenvalue weighted by atomic mass is 35.5. The van der Waals surface area contributed by atoms with Gasteiger partial charge in [-0.25, -0.2) is 4.68 Å². The van der Waals surface area contributed by atoms with E-state index >= 15 is 0 Å². The van der Waals surface area contributed by atoms with E-state index in [1.807, 2.05) is 18.2 Å². The van der Waals surface area contributed by atoms with Crippen molar-refractivity contribution in [2.24, 2.45) is 5.92 Å². The van der Waals surface area contributed by atoms with Gasteiger partial charge in [0.1, 0.15) is 0 Å². The van der Waals surface area contributed by atoms with Crippen LogP contribution in [0.1, 0.15) is 23.3 Å². The number of halogens is 1. The van der Waals surface area contributed by atoms with Gasteiger partial charge in [-0.1, -0.05) is 17.7 Å². The summed E-state index contributed by atoms with van der Waals surface area (Å²) in [6.07, 6.45) is 3.97. The molecule has 0 radical (unpaired) electrons. The molecule has 5 nitrogen and oxygen atoms in total. The molecule has 1 aromatic carbocycles. The SMILES string of the molecule is O=C(NCCC1CCNC1)c1ccn(-c2cccc(Cl)c2)n1. The van der Waals surface area contributed by atoms with Gasteiger partial charge in [-0.15, -0.1) is 0 Å². The van der Waals surface area contributed by atoms with Crippen LogP contribution < -0.4 is 10.6 Å². The highest BCUT2D eigenvalue weighted by molar-refractivity contribution is 6.30. The molecule has 1 fully saturated rings. The molecule has 2 N–H and O–H groups in total. The van der Waals surface area contributed by atoms with Gasteiger partial charge in [0, 0.05) is 17.8 Å². The third kappa shape index (κ3) is 3.67. The molecule has 1 aliphatic heterocycles. The van der Waals surface area contributed by atoms with E-state index < -0.39 is 0 Å². The van der Waals surface area contributed by atoms with Gasteiger partial charge in [-0.05, 0) is 56.1 Å². The normalized spacial score (nSPS) is 17.6. The van der Waals surface area contributed by atoms with Gasteiger partial charge >= 0.3 is 0 Å². The first-order valence-corrected chi connectivity index (χ1v) is 7.91. The maximum absolute atomic E-state index is 12.1. The monoisotopic (exact) mass is 318 g/mol. The molecule has 3 rings (SSSR count). The van der Waals surface area contributed by atoms with Gasteiger partial charge in [0.05, 0.1) is 5.69 Å². The molecular formula is C16H19ClN4O. The van der Waals surface area contributed by atoms with Crippen molar-refractivity contribution in [1.29, 1.82) is 0 Å². The second-order valence-electron chi connectivity index (χ2n) is 5.53. The maximum atomic E-state index is 12.1. The van der Waals surface area contributed by atoms with E-state index in [9.17, 15) is 4.79 Å². The molecule has 1 amide bonds. The van der Waals surface area contributed by atoms with Gasteiger partial charge in [-0.3, -0.25) is 4.79 Å². The lowest BCUT2D eigenvalue weighted by atomic mass is 10.1. The van der Waals surface area contributed by atoms with Crippen molar-refractivity contribution in [1.82, 2.24) is 20.4 Å². The number of carbonyl (C=O) groups is 1. The van der Waals surface area contributed by atoms with Crippen molar-refractivity contribution in [3.05, 3.63) is 47.2 Å². The highest BCUT2D eigenvalue weighted by Crippen LogP contribution is 2.14. The summed E-state index contributed by atoms with van der Waals surface area (Å²) in [5.41, 5.74) is 1.26. The van der Waals surface area contributed by atoms with Gasteiger partial charge in [0.15, 0.2) is 5.69 Å². The van der Waals surface area contributed by atoms with Gasteiger partial charge in [0.2, 0.25) is 0 Å². The largest absolute Gasteiger partial charge is 0.351 e. The molecule has 0 spiro atoms. The topological polar surface area (TPSA) is 59.0 Å². The molecule has 2 aromatic rings. The van der Waals surface area contributed by atoms with Crippen LogP contribution in [0.15, 0.2) is 36.5 Å². The number of hydrogen-bond acceptors (Lipinski definition) is 3. The number of carbonyl (C=O) groups excluding carboxylic acids is 1. The molecule has 0 aliphatic carbocycles. The Labute approximate surface area is 134 Å². The third-order valence-corrected chi connectivity index (χ3v) is 4.13. The summed E-state index contributed by atoms with van der Waals surface area (Å²) in [5, 5.41) is 11.2. The Morgan fingerprint density at radius 3 is 3.14 bits per heavy atom. The summed E-state index contributed by atoms with van der Waals surface area (Å²) >= 11 is 5.97. The summed E-state index contributed by atoms with van der Waals surface area (Å²) in [6, 6.07) is 9.08. The van der Waals surface area contributed by atoms with E-state index in [2.05, 4.69) is 15.7 Å². The molecule has 6 heteroatoms. The number of rotatable bonds is 5. The average Bonchev–Trinajstić information content (AvgIpc) is 3.19. The molecule has 0 bridgehead atoms. The van der Waals surface area contributed by atoms with E-state index in [0.717, 1.165) is 25.2 Å². The quantitative estimate of drug-likeness (QED) is 0.889. The van der Waals surface area contributed by atoms with E-state index in [-0.39, 0.29) is 5.91 Å². The van der Waals surface area contributed by atoms with E-state index in [0.29, 0.717) is 23.2 Å². The predicted molar refractivity (Wildman–Crippen MR) is 86.5 cm³/mol. The van der Waals surface area contributed by atoms with Crippen LogP contribution in [0, 0.1) is 5.92 Å². The Morgan fingerprint density at radius 1 is 1.45 bits per heavy atom. The van der Waals surface area contributed by atoms with Crippen molar-refractivity contribution in [2.75, 3.05) is 19.6 Å². The molecule has 2 heterocycles. The van der Waals surface area contributed by atoms with Gasteiger partial charge in [0.25, 0.3) is 5.91 Å². The number of benzene rings is 1. The van der Waals surface area contributed by atoms with Crippen molar-refractivity contribution >= 4 is 17.5 Å². The Bertz CT molecular complexity index is 649. The number of aromatic nitrogens is 2. The summed E-state index contributed by atoms with van der Waals surface area (Å²) in [4.78, 5) is 12.1. The first-order valence-electron chi connectivity index (χ1n) is 7.53. The molecule has 116 valence electrons. The summed E-state index contributed by atoms with van der Waals surface area (Å²) in [7, 11) is 0. The number of amides is 1. The van der Waals surface area contributed by atoms with Gasteiger partial charge < -0.3 is 10.6 Å². The van der Waals surface area contributed by atoms with Crippen molar-refractivity contribution in [3.8, 4) is 5.69 Å². The number of hydrogen-bond donors (Lipinski definition) is 2. The zero-order valence-electron chi connectivity index (χ0n) is 12.3. The van der Waals surface area contributed by atoms with Crippen LogP contribution in [-0.4, -0.2) is 35.3 Å². The van der Waals surface area contributed by atoms with E-state index in [1.165, 1.54) is 6.42 Å². The summed E-state index contributed by atoms with van der Waals surface area (Å²) in [6.45, 7) is 2.83. The molecule has 1 saturated heterocycles. The zero-order chi connectivity index (χ0) is 15.4. The van der Waals surface area contributed by atoms with Crippen molar-refractivity contribution in [2.45, 2.75) is 12.8 Å². The van der Waals surface area contributed by atoms with Crippen LogP contribution in [0.2, 0.25) is 5.02 Å². The highest BCUT2D eigenvalue weighted by Gasteiger charge is 2.15. The minimum Gasteiger partial charge on any atom is -0.351 e. The Kier molecular flexibility index (Phi) is 4.75. The first kappa shape index (κ1) is 15.1. The Balaban J connectivity index is 1.57. The lowest BCUT2D eigenvalue weighted by molar-refractivity contribution is 0.0946. The average molecular weight is 319 g/mol. The second kappa shape index (κ2) is 6.94. The van der Waals surface area contributed by atoms with Crippen LogP contribution in [0.25, 0.3) is 5.69 Å². The van der Waals surface area contributed by atoms with Crippen LogP contribution in [0.3, 0.4) is 0 Å². The molecule has 0 saturated carbocycles. The lowest BCUT2D eigenvalue weighted by Gasteiger charge is -2.08. The Hall–Kier alpha value is -1.85. The standard InChI is InChI=1S/C16H19ClN4O/c17-13-2-1-3-14(10-13)21-9-6-15(20-21)16(22)19-8-5-12-4-7-18-11-12/h1-3,6,9-10,12,18H,4-5,7-8,11H2,(H,19,22). The summed E-state index contributed by atoms with van der Waals surface area (Å²) in [5.74, 6) is 0.538. The lowest BCUT2D eigenvalue weighted by Crippen LogP contribution is -2.26. The minimum absolute atomic E-state index is 0.133. The molecule has 1 unspecified atom stereocenters. The minimum atomic E-state index is -0.133. The van der Waals surface area contributed by atoms with Crippen LogP contribution in [-0.2, 0) is 0 Å². The fourth-order valence-electron chi connectivity index (χ4n) is 2.65. The van der Waals surface area contributed by atoms with Crippen molar-refractivity contribution in [3.63, 3.8) is 0 Å². The van der Waals surface area contributed by atoms with Crippen LogP contribution in [0.5, 0.6) is 0 Å². The molecule has 1 aliphatic rings. The van der Waals surface area contributed by atoms with Gasteiger partial charge in [-0.2, -0.15) is 5.10 Å². The van der Waals surface area contributed by atoms with Crippen LogP contribution >= 0.6 is 11.6 Å². The van der Waals surface area contributed by atoms with Crippen molar-refractivity contribution < 1.29 is 4.79 Å². The molecule has 1 atom stereocenters. The number of nitrogens with one attached hydrogen (secondary N) is 2. The second-order valence-corrected chi connectivity index (χ2v) is 5.97. The Morgan fingerprint density at radius 2 is 2.36 bits per heavy atom. The molecule has 22 heavy (non-hydrogen) atoms. The number of nitrogens with zero attached hydrogens (tertiary/aromatic N) is 2. The molecular weight excluding hydrogens is 300 g/mol. The van der Waals surface area contributed by atoms with Crippen LogP contribution in [0.4, 0.5) is 0 Å². The van der Waals surface area contributed by atoms with E-state index in [4.69, 9.17) is 11.6 Å². The fraction of sp³-hybridized carbons (Fsp3) is 0.375. The summed E-state index contributed by atoms with van der Waals surface area (Å²) < 4.78 is 1.65. The van der Waals surface area contributed by atoms with E-state index in [1.54, 1.807) is 23.0 Å². The maximum Gasteiger partial charge on any atom is 0.271 e.